The van der Waals surface area contributed by atoms with Crippen molar-refractivity contribution in [2.24, 2.45) is 0 Å². The summed E-state index contributed by atoms with van der Waals surface area (Å²) < 4.78 is 13.7. The lowest BCUT2D eigenvalue weighted by molar-refractivity contribution is 0.0842. The Hall–Kier alpha value is -3.26. The molecule has 1 aromatic heterocycles. The van der Waals surface area contributed by atoms with Crippen LogP contribution >= 0.6 is 11.6 Å². The highest BCUT2D eigenvalue weighted by molar-refractivity contribution is 6.33. The van der Waals surface area contributed by atoms with Gasteiger partial charge < -0.3 is 0 Å². The molecule has 7 nitrogen and oxygen atoms in total. The Bertz CT molecular complexity index is 1030. The van der Waals surface area contributed by atoms with Gasteiger partial charge in [0.15, 0.2) is 5.69 Å². The number of halogens is 2. The van der Waals surface area contributed by atoms with E-state index in [1.165, 1.54) is 18.2 Å². The molecule has 0 bridgehead atoms. The third-order valence-corrected chi connectivity index (χ3v) is 3.71. The minimum Gasteiger partial charge on any atom is -0.267 e. The van der Waals surface area contributed by atoms with Crippen LogP contribution in [-0.2, 0) is 0 Å². The Labute approximate surface area is 144 Å². The van der Waals surface area contributed by atoms with Gasteiger partial charge in [0.25, 0.3) is 17.4 Å². The molecule has 0 aliphatic rings. The first-order valence-electron chi connectivity index (χ1n) is 7.01. The molecule has 0 aliphatic carbocycles. The van der Waals surface area contributed by atoms with Crippen molar-refractivity contribution in [3.8, 4) is 0 Å². The van der Waals surface area contributed by atoms with Crippen molar-refractivity contribution >= 4 is 34.2 Å². The smallest absolute Gasteiger partial charge is 0.267 e. The Balaban J connectivity index is 1.83. The lowest BCUT2D eigenvalue weighted by atomic mass is 10.1. The average Bonchev–Trinajstić information content (AvgIpc) is 2.60. The normalized spacial score (nSPS) is 10.5. The van der Waals surface area contributed by atoms with Gasteiger partial charge in [0.1, 0.15) is 5.82 Å². The molecule has 0 atom stereocenters. The molecular formula is C16H10ClFN4O3. The zero-order valence-electron chi connectivity index (χ0n) is 12.5. The molecule has 3 rings (SSSR count). The molecule has 2 amide bonds. The molecule has 9 heteroatoms. The van der Waals surface area contributed by atoms with Crippen LogP contribution in [0.25, 0.3) is 10.8 Å². The monoisotopic (exact) mass is 360 g/mol. The number of amides is 2. The van der Waals surface area contributed by atoms with Gasteiger partial charge in [-0.25, -0.2) is 9.49 Å². The van der Waals surface area contributed by atoms with Gasteiger partial charge in [-0.15, -0.1) is 0 Å². The van der Waals surface area contributed by atoms with Crippen LogP contribution in [0.1, 0.15) is 20.8 Å². The van der Waals surface area contributed by atoms with E-state index in [2.05, 4.69) is 21.0 Å². The van der Waals surface area contributed by atoms with Crippen molar-refractivity contribution in [1.29, 1.82) is 0 Å². The number of benzene rings is 2. The number of nitrogens with zero attached hydrogens (tertiary/aromatic N) is 1. The van der Waals surface area contributed by atoms with Gasteiger partial charge >= 0.3 is 0 Å². The predicted molar refractivity (Wildman–Crippen MR) is 88.7 cm³/mol. The van der Waals surface area contributed by atoms with E-state index in [0.717, 1.165) is 6.07 Å². The maximum atomic E-state index is 13.7. The van der Waals surface area contributed by atoms with Crippen LogP contribution in [0.5, 0.6) is 0 Å². The average molecular weight is 361 g/mol. The number of carbonyl (C=O) groups excluding carboxylic acids is 2. The largest absolute Gasteiger partial charge is 0.290 e. The van der Waals surface area contributed by atoms with Crippen molar-refractivity contribution in [1.82, 2.24) is 21.0 Å². The molecule has 126 valence electrons. The minimum absolute atomic E-state index is 0.0978. The lowest BCUT2D eigenvalue weighted by Crippen LogP contribution is -2.42. The highest BCUT2D eigenvalue weighted by Gasteiger charge is 2.18. The summed E-state index contributed by atoms with van der Waals surface area (Å²) in [4.78, 5) is 36.0. The van der Waals surface area contributed by atoms with Gasteiger partial charge in [0.05, 0.1) is 16.0 Å². The van der Waals surface area contributed by atoms with E-state index in [4.69, 9.17) is 11.6 Å². The van der Waals surface area contributed by atoms with E-state index in [1.807, 2.05) is 0 Å². The number of nitrogens with one attached hydrogen (secondary N) is 3. The standard InChI is InChI=1S/C16H10ClFN4O3/c17-10-6-3-7-11(18)12(10)15(24)21-22-16(25)13-8-4-1-2-5-9(8)14(23)20-19-13/h1-7H,(H,20,23)(H,21,24)(H,22,25). The van der Waals surface area contributed by atoms with Crippen molar-refractivity contribution in [2.75, 3.05) is 0 Å². The molecule has 0 saturated carbocycles. The Morgan fingerprint density at radius 3 is 2.40 bits per heavy atom. The summed E-state index contributed by atoms with van der Waals surface area (Å²) in [6.07, 6.45) is 0. The third-order valence-electron chi connectivity index (χ3n) is 3.39. The molecule has 0 spiro atoms. The van der Waals surface area contributed by atoms with Gasteiger partial charge in [-0.05, 0) is 18.2 Å². The highest BCUT2D eigenvalue weighted by Crippen LogP contribution is 2.18. The van der Waals surface area contributed by atoms with Crippen LogP contribution < -0.4 is 16.4 Å². The number of aromatic nitrogens is 2. The molecule has 2 aromatic carbocycles. The number of hydrazine groups is 1. The molecule has 0 radical (unpaired) electrons. The van der Waals surface area contributed by atoms with E-state index in [1.54, 1.807) is 18.2 Å². The molecule has 0 unspecified atom stereocenters. The summed E-state index contributed by atoms with van der Waals surface area (Å²) in [5.74, 6) is -2.54. The summed E-state index contributed by atoms with van der Waals surface area (Å²) in [5.41, 5.74) is 3.23. The van der Waals surface area contributed by atoms with Gasteiger partial charge in [0.2, 0.25) is 0 Å². The van der Waals surface area contributed by atoms with Crippen LogP contribution in [0, 0.1) is 5.82 Å². The van der Waals surface area contributed by atoms with Crippen molar-refractivity contribution in [3.05, 3.63) is 74.9 Å². The Morgan fingerprint density at radius 2 is 1.68 bits per heavy atom. The van der Waals surface area contributed by atoms with Gasteiger partial charge in [0, 0.05) is 5.39 Å². The van der Waals surface area contributed by atoms with Crippen molar-refractivity contribution < 1.29 is 14.0 Å². The maximum absolute atomic E-state index is 13.7. The number of carbonyl (C=O) groups is 2. The van der Waals surface area contributed by atoms with Crippen LogP contribution in [0.4, 0.5) is 4.39 Å². The second-order valence-electron chi connectivity index (χ2n) is 4.95. The molecule has 0 fully saturated rings. The number of rotatable bonds is 2. The van der Waals surface area contributed by atoms with E-state index >= 15 is 0 Å². The fourth-order valence-electron chi connectivity index (χ4n) is 2.24. The predicted octanol–water partition coefficient (Wildman–Crippen LogP) is 1.79. The summed E-state index contributed by atoms with van der Waals surface area (Å²) in [6, 6.07) is 10.1. The van der Waals surface area contributed by atoms with E-state index in [0.29, 0.717) is 5.39 Å². The van der Waals surface area contributed by atoms with Crippen molar-refractivity contribution in [2.45, 2.75) is 0 Å². The Morgan fingerprint density at radius 1 is 1.00 bits per heavy atom. The molecule has 1 heterocycles. The molecule has 3 aromatic rings. The fourth-order valence-corrected chi connectivity index (χ4v) is 2.49. The molecule has 0 aliphatic heterocycles. The van der Waals surface area contributed by atoms with Gasteiger partial charge in [-0.2, -0.15) is 5.10 Å². The first-order chi connectivity index (χ1) is 12.0. The summed E-state index contributed by atoms with van der Waals surface area (Å²) >= 11 is 5.79. The van der Waals surface area contributed by atoms with E-state index in [-0.39, 0.29) is 16.1 Å². The van der Waals surface area contributed by atoms with Crippen LogP contribution in [0.2, 0.25) is 5.02 Å². The fraction of sp³-hybridized carbons (Fsp3) is 0. The first-order valence-corrected chi connectivity index (χ1v) is 7.39. The van der Waals surface area contributed by atoms with E-state index in [9.17, 15) is 18.8 Å². The second-order valence-corrected chi connectivity index (χ2v) is 5.36. The SMILES string of the molecule is O=C(NNC(=O)c1n[nH]c(=O)c2ccccc12)c1c(F)cccc1Cl. The van der Waals surface area contributed by atoms with Crippen molar-refractivity contribution in [3.63, 3.8) is 0 Å². The minimum atomic E-state index is -0.926. The quantitative estimate of drug-likeness (QED) is 0.606. The molecule has 0 saturated heterocycles. The van der Waals surface area contributed by atoms with Crippen LogP contribution in [0.3, 0.4) is 0 Å². The number of hydrogen-bond donors (Lipinski definition) is 3. The third kappa shape index (κ3) is 3.20. The Kier molecular flexibility index (Phi) is 4.44. The van der Waals surface area contributed by atoms with E-state index < -0.39 is 28.8 Å². The topological polar surface area (TPSA) is 104 Å². The molecule has 25 heavy (non-hydrogen) atoms. The second kappa shape index (κ2) is 6.70. The number of fused-ring (bicyclic) bond motifs is 1. The summed E-state index contributed by atoms with van der Waals surface area (Å²) in [7, 11) is 0. The first kappa shape index (κ1) is 16.6. The van der Waals surface area contributed by atoms with Crippen LogP contribution in [-0.4, -0.2) is 22.0 Å². The zero-order valence-corrected chi connectivity index (χ0v) is 13.2. The van der Waals surface area contributed by atoms with Gasteiger partial charge in [-0.1, -0.05) is 35.9 Å². The number of hydrogen-bond acceptors (Lipinski definition) is 4. The van der Waals surface area contributed by atoms with Crippen LogP contribution in [0.15, 0.2) is 47.3 Å². The molecule has 3 N–H and O–H groups in total. The highest BCUT2D eigenvalue weighted by atomic mass is 35.5. The zero-order chi connectivity index (χ0) is 18.0. The lowest BCUT2D eigenvalue weighted by Gasteiger charge is -2.09. The number of aromatic amines is 1. The van der Waals surface area contributed by atoms with Gasteiger partial charge in [-0.3, -0.25) is 25.2 Å². The maximum Gasteiger partial charge on any atom is 0.290 e. The summed E-state index contributed by atoms with van der Waals surface area (Å²) in [5, 5.41) is 6.37. The summed E-state index contributed by atoms with van der Waals surface area (Å²) in [6.45, 7) is 0. The molecular weight excluding hydrogens is 351 g/mol. The number of H-pyrrole nitrogens is 1.